The average Bonchev–Trinajstić information content (AvgIpc) is 2.46. The molecule has 0 N–H and O–H groups in total. The molecule has 1 aliphatic carbocycles. The summed E-state index contributed by atoms with van der Waals surface area (Å²) in [6.07, 6.45) is 12.6. The average molecular weight is 268 g/mol. The minimum absolute atomic E-state index is 0. The van der Waals surface area contributed by atoms with Crippen molar-refractivity contribution in [1.82, 2.24) is 0 Å². The molecule has 0 aromatic rings. The maximum Gasteiger partial charge on any atom is -1.00 e. The van der Waals surface area contributed by atoms with E-state index in [4.69, 9.17) is 0 Å². The van der Waals surface area contributed by atoms with E-state index in [1.165, 1.54) is 38.5 Å². The normalized spacial score (nSPS) is 13.9. The van der Waals surface area contributed by atoms with Crippen molar-refractivity contribution < 1.29 is 45.2 Å². The number of rotatable bonds is 5. The zero-order valence-corrected chi connectivity index (χ0v) is 11.7. The molecule has 0 unspecified atom stereocenters. The van der Waals surface area contributed by atoms with Crippen LogP contribution >= 0.6 is 0 Å². The molecule has 0 aliphatic heterocycles. The number of hydrogen-bond donors (Lipinski definition) is 0. The van der Waals surface area contributed by atoms with Crippen molar-refractivity contribution in [3.8, 4) is 0 Å². The quantitative estimate of drug-likeness (QED) is 0.389. The van der Waals surface area contributed by atoms with E-state index in [1.807, 2.05) is 0 Å². The van der Waals surface area contributed by atoms with Crippen LogP contribution in [0.2, 0.25) is 0 Å². The standard InChI is InChI=1S/C11H17.2ClH.Ti/c1-2-3-4-5-8-11-9-6-7-10-11;;;/h6,9H,2-5,7-8H2,1H3;2*1H;/q;;;+2/p-2. The van der Waals surface area contributed by atoms with Gasteiger partial charge in [0.2, 0.25) is 0 Å². The Morgan fingerprint density at radius 3 is 2.43 bits per heavy atom. The third kappa shape index (κ3) is 6.29. The van der Waals surface area contributed by atoms with E-state index in [0.717, 1.165) is 0 Å². The molecule has 79 valence electrons. The molecule has 0 spiro atoms. The summed E-state index contributed by atoms with van der Waals surface area (Å²) in [5.41, 5.74) is 1.60. The van der Waals surface area contributed by atoms with Gasteiger partial charge in [-0.3, -0.25) is 0 Å². The molecule has 0 heterocycles. The Morgan fingerprint density at radius 1 is 1.21 bits per heavy atom. The Hall–Kier alpha value is 0.774. The SMILES string of the molecule is CCCCCCC1=[C]([Ti+2])CC=C1.[Cl-].[Cl-]. The molecule has 14 heavy (non-hydrogen) atoms. The smallest absolute Gasteiger partial charge is 1.00 e. The van der Waals surface area contributed by atoms with Gasteiger partial charge in [-0.25, -0.2) is 0 Å². The molecule has 0 saturated carbocycles. The zero-order valence-electron chi connectivity index (χ0n) is 8.65. The Kier molecular flexibility index (Phi) is 12.6. The number of allylic oxidation sites excluding steroid dienone is 4. The van der Waals surface area contributed by atoms with Gasteiger partial charge in [-0.1, -0.05) is 0 Å². The largest absolute Gasteiger partial charge is 1.00 e. The maximum absolute atomic E-state index is 2.31. The summed E-state index contributed by atoms with van der Waals surface area (Å²) in [5.74, 6) is 0. The first-order valence-electron chi connectivity index (χ1n) is 4.94. The van der Waals surface area contributed by atoms with Crippen LogP contribution in [0.4, 0.5) is 0 Å². The van der Waals surface area contributed by atoms with E-state index in [0.29, 0.717) is 0 Å². The van der Waals surface area contributed by atoms with Crippen molar-refractivity contribution in [2.45, 2.75) is 45.4 Å². The van der Waals surface area contributed by atoms with Gasteiger partial charge in [0.1, 0.15) is 0 Å². The van der Waals surface area contributed by atoms with Crippen LogP contribution in [0, 0.1) is 0 Å². The van der Waals surface area contributed by atoms with Crippen LogP contribution in [0.1, 0.15) is 45.4 Å². The van der Waals surface area contributed by atoms with E-state index in [-0.39, 0.29) is 24.8 Å². The second-order valence-electron chi connectivity index (χ2n) is 3.42. The first-order chi connectivity index (χ1) is 5.84. The van der Waals surface area contributed by atoms with E-state index in [2.05, 4.69) is 39.5 Å². The molecule has 1 aliphatic rings. The molecule has 0 amide bonds. The van der Waals surface area contributed by atoms with E-state index >= 15 is 0 Å². The van der Waals surface area contributed by atoms with Gasteiger partial charge in [0.25, 0.3) is 0 Å². The van der Waals surface area contributed by atoms with Crippen molar-refractivity contribution in [2.75, 3.05) is 0 Å². The minimum atomic E-state index is 0. The fourth-order valence-corrected chi connectivity index (χ4v) is 2.04. The molecule has 0 atom stereocenters. The molecule has 0 aromatic carbocycles. The summed E-state index contributed by atoms with van der Waals surface area (Å²) in [6.45, 7) is 2.26. The van der Waals surface area contributed by atoms with Crippen LogP contribution in [0.3, 0.4) is 0 Å². The molecular formula is C11H17Cl2Ti. The predicted octanol–water partition coefficient (Wildman–Crippen LogP) is -2.27. The van der Waals surface area contributed by atoms with Gasteiger partial charge in [0.05, 0.1) is 0 Å². The van der Waals surface area contributed by atoms with Crippen LogP contribution < -0.4 is 24.8 Å². The third-order valence-electron chi connectivity index (χ3n) is 2.33. The number of unbranched alkanes of at least 4 members (excludes halogenated alkanes) is 3. The van der Waals surface area contributed by atoms with Gasteiger partial charge in [0.15, 0.2) is 0 Å². The van der Waals surface area contributed by atoms with E-state index in [9.17, 15) is 0 Å². The summed E-state index contributed by atoms with van der Waals surface area (Å²) in [5, 5.41) is 0. The summed E-state index contributed by atoms with van der Waals surface area (Å²) in [6, 6.07) is 0. The summed E-state index contributed by atoms with van der Waals surface area (Å²) in [7, 11) is 0. The van der Waals surface area contributed by atoms with Crippen molar-refractivity contribution in [1.29, 1.82) is 0 Å². The molecule has 1 rings (SSSR count). The van der Waals surface area contributed by atoms with Crippen molar-refractivity contribution >= 4 is 0 Å². The van der Waals surface area contributed by atoms with Crippen LogP contribution in [0.25, 0.3) is 0 Å². The molecule has 0 aromatic heterocycles. The molecular weight excluding hydrogens is 251 g/mol. The molecule has 0 bridgehead atoms. The first-order valence-corrected chi connectivity index (χ1v) is 5.73. The zero-order chi connectivity index (χ0) is 8.81. The van der Waals surface area contributed by atoms with Crippen LogP contribution in [-0.4, -0.2) is 0 Å². The Bertz CT molecular complexity index is 197. The molecule has 3 heteroatoms. The van der Waals surface area contributed by atoms with Gasteiger partial charge in [0, 0.05) is 0 Å². The molecule has 0 fully saturated rings. The van der Waals surface area contributed by atoms with Crippen molar-refractivity contribution in [3.05, 3.63) is 21.6 Å². The Balaban J connectivity index is 0. The summed E-state index contributed by atoms with van der Waals surface area (Å²) < 4.78 is 1.59. The van der Waals surface area contributed by atoms with Crippen molar-refractivity contribution in [3.63, 3.8) is 0 Å². The van der Waals surface area contributed by atoms with Gasteiger partial charge in [-0.2, -0.15) is 0 Å². The van der Waals surface area contributed by atoms with Crippen molar-refractivity contribution in [2.24, 2.45) is 0 Å². The van der Waals surface area contributed by atoms with Gasteiger partial charge in [-0.15, -0.1) is 0 Å². The van der Waals surface area contributed by atoms with E-state index in [1.54, 1.807) is 9.45 Å². The third-order valence-corrected chi connectivity index (χ3v) is 3.15. The first kappa shape index (κ1) is 17.2. The van der Waals surface area contributed by atoms with Gasteiger partial charge in [-0.05, 0) is 0 Å². The minimum Gasteiger partial charge on any atom is -1.00 e. The Morgan fingerprint density at radius 2 is 1.93 bits per heavy atom. The maximum atomic E-state index is 2.31. The van der Waals surface area contributed by atoms with Gasteiger partial charge < -0.3 is 24.8 Å². The van der Waals surface area contributed by atoms with Crippen LogP contribution in [0.5, 0.6) is 0 Å². The van der Waals surface area contributed by atoms with E-state index < -0.39 is 0 Å². The Labute approximate surface area is 112 Å². The molecule has 0 saturated heterocycles. The summed E-state index contributed by atoms with van der Waals surface area (Å²) >= 11 is 2.26. The topological polar surface area (TPSA) is 0 Å². The number of halogens is 2. The monoisotopic (exact) mass is 267 g/mol. The summed E-state index contributed by atoms with van der Waals surface area (Å²) in [4.78, 5) is 0. The van der Waals surface area contributed by atoms with Crippen LogP contribution in [0.15, 0.2) is 21.6 Å². The fraction of sp³-hybridized carbons (Fsp3) is 0.636. The fourth-order valence-electron chi connectivity index (χ4n) is 1.53. The second kappa shape index (κ2) is 10.3. The second-order valence-corrected chi connectivity index (χ2v) is 4.36. The molecule has 0 radical (unpaired) electrons. The number of hydrogen-bond acceptors (Lipinski definition) is 0. The molecule has 0 nitrogen and oxygen atoms in total. The van der Waals surface area contributed by atoms with Gasteiger partial charge >= 0.3 is 87.5 Å². The predicted molar refractivity (Wildman–Crippen MR) is 49.5 cm³/mol. The van der Waals surface area contributed by atoms with Crippen LogP contribution in [-0.2, 0) is 20.4 Å².